The zero-order valence-electron chi connectivity index (χ0n) is 20.2. The summed E-state index contributed by atoms with van der Waals surface area (Å²) in [6.07, 6.45) is 2.89. The molecule has 1 heterocycles. The minimum atomic E-state index is -0.973. The molecule has 0 fully saturated rings. The van der Waals surface area contributed by atoms with E-state index < -0.39 is 12.1 Å². The molecule has 4 rings (SSSR count). The van der Waals surface area contributed by atoms with E-state index in [-0.39, 0.29) is 12.4 Å². The van der Waals surface area contributed by atoms with Gasteiger partial charge in [-0.3, -0.25) is 4.79 Å². The van der Waals surface area contributed by atoms with Crippen LogP contribution in [0.4, 0.5) is 0 Å². The molecule has 178 valence electrons. The van der Waals surface area contributed by atoms with Crippen molar-refractivity contribution in [3.05, 3.63) is 112 Å². The second-order valence-electron chi connectivity index (χ2n) is 8.72. The molecule has 1 aromatic heterocycles. The maximum Gasteiger partial charge on any atom is 0.332 e. The third kappa shape index (κ3) is 5.42. The van der Waals surface area contributed by atoms with Crippen LogP contribution in [0.2, 0.25) is 0 Å². The summed E-state index contributed by atoms with van der Waals surface area (Å²) in [5.41, 5.74) is 6.68. The van der Waals surface area contributed by atoms with E-state index in [1.165, 1.54) is 6.92 Å². The number of benzene rings is 3. The van der Waals surface area contributed by atoms with Crippen molar-refractivity contribution in [2.24, 2.45) is 0 Å². The molecule has 0 aliphatic rings. The Hall–Kier alpha value is -3.96. The first-order chi connectivity index (χ1) is 16.8. The molecular formula is C30H29NO4. The van der Waals surface area contributed by atoms with Crippen LogP contribution in [0, 0.1) is 13.8 Å². The number of fused-ring (bicyclic) bond motifs is 1. The molecule has 1 N–H and O–H groups in total. The van der Waals surface area contributed by atoms with Crippen LogP contribution in [0.5, 0.6) is 0 Å². The molecule has 0 saturated carbocycles. The number of aliphatic carboxylic acids is 1. The Kier molecular flexibility index (Phi) is 7.28. The van der Waals surface area contributed by atoms with Crippen LogP contribution in [0.25, 0.3) is 17.0 Å². The van der Waals surface area contributed by atoms with Crippen molar-refractivity contribution < 1.29 is 19.4 Å². The van der Waals surface area contributed by atoms with E-state index in [4.69, 9.17) is 9.84 Å². The Morgan fingerprint density at radius 1 is 0.971 bits per heavy atom. The predicted octanol–water partition coefficient (Wildman–Crippen LogP) is 6.04. The lowest BCUT2D eigenvalue weighted by molar-refractivity contribution is -0.148. The van der Waals surface area contributed by atoms with Gasteiger partial charge in [-0.25, -0.2) is 4.79 Å². The minimum Gasteiger partial charge on any atom is -0.479 e. The van der Waals surface area contributed by atoms with Crippen LogP contribution in [-0.4, -0.2) is 34.1 Å². The van der Waals surface area contributed by atoms with Crippen LogP contribution < -0.4 is 0 Å². The van der Waals surface area contributed by atoms with Crippen molar-refractivity contribution >= 4 is 28.7 Å². The fraction of sp³-hybridized carbons (Fsp3) is 0.200. The maximum atomic E-state index is 13.4. The zero-order chi connectivity index (χ0) is 24.9. The summed E-state index contributed by atoms with van der Waals surface area (Å²) in [4.78, 5) is 24.3. The quantitative estimate of drug-likeness (QED) is 0.305. The van der Waals surface area contributed by atoms with Gasteiger partial charge in [-0.15, -0.1) is 0 Å². The van der Waals surface area contributed by atoms with Crippen LogP contribution in [0.15, 0.2) is 78.9 Å². The molecule has 4 aromatic rings. The number of aryl methyl sites for hydroxylation is 1. The Balaban J connectivity index is 1.56. The Labute approximate surface area is 205 Å². The van der Waals surface area contributed by atoms with Gasteiger partial charge in [0.05, 0.1) is 12.2 Å². The summed E-state index contributed by atoms with van der Waals surface area (Å²) in [6.45, 7) is 6.42. The second-order valence-corrected chi connectivity index (χ2v) is 8.72. The highest BCUT2D eigenvalue weighted by Gasteiger charge is 2.21. The molecule has 0 spiro atoms. The van der Waals surface area contributed by atoms with Gasteiger partial charge in [-0.05, 0) is 38.0 Å². The van der Waals surface area contributed by atoms with Crippen LogP contribution in [-0.2, 0) is 16.1 Å². The highest BCUT2D eigenvalue weighted by molar-refractivity contribution is 6.17. The Bertz CT molecular complexity index is 1380. The Morgan fingerprint density at radius 2 is 1.66 bits per heavy atom. The van der Waals surface area contributed by atoms with E-state index >= 15 is 0 Å². The lowest BCUT2D eigenvalue weighted by atomic mass is 10.00. The average molecular weight is 468 g/mol. The third-order valence-corrected chi connectivity index (χ3v) is 6.19. The first-order valence-corrected chi connectivity index (χ1v) is 11.6. The third-order valence-electron chi connectivity index (χ3n) is 6.19. The fourth-order valence-corrected chi connectivity index (χ4v) is 4.14. The number of rotatable bonds is 9. The first-order valence-electron chi connectivity index (χ1n) is 11.6. The SMILES string of the molecule is Cc1ccc(C(=O)c2c(C)n(Cc3ccc(/C=C/CO[C@H](C)C(=O)O)cc3)c3ccccc23)cc1. The van der Waals surface area contributed by atoms with E-state index in [1.807, 2.05) is 74.5 Å². The predicted molar refractivity (Wildman–Crippen MR) is 139 cm³/mol. The molecule has 0 unspecified atom stereocenters. The molecule has 5 nitrogen and oxygen atoms in total. The van der Waals surface area contributed by atoms with Crippen LogP contribution >= 0.6 is 0 Å². The minimum absolute atomic E-state index is 0.0392. The fourth-order valence-electron chi connectivity index (χ4n) is 4.14. The lowest BCUT2D eigenvalue weighted by Crippen LogP contribution is -2.19. The summed E-state index contributed by atoms with van der Waals surface area (Å²) >= 11 is 0. The highest BCUT2D eigenvalue weighted by atomic mass is 16.5. The standard InChI is InChI=1S/C30H29NO4/c1-20-10-16-25(17-11-20)29(32)28-21(2)31(27-9-5-4-8-26(27)28)19-24-14-12-23(13-15-24)7-6-18-35-22(3)30(33)34/h4-17,22H,18-19H2,1-3H3,(H,33,34)/b7-6+/t22-/m1/s1. The van der Waals surface area contributed by atoms with Crippen molar-refractivity contribution in [3.63, 3.8) is 0 Å². The van der Waals surface area contributed by atoms with E-state index in [9.17, 15) is 9.59 Å². The number of carboxylic acids is 1. The van der Waals surface area contributed by atoms with Gasteiger partial charge in [0.2, 0.25) is 0 Å². The van der Waals surface area contributed by atoms with Gasteiger partial charge >= 0.3 is 5.97 Å². The molecule has 0 aliphatic carbocycles. The average Bonchev–Trinajstić information content (AvgIpc) is 3.13. The van der Waals surface area contributed by atoms with Gasteiger partial charge in [0, 0.05) is 28.7 Å². The van der Waals surface area contributed by atoms with Crippen LogP contribution in [0.1, 0.15) is 45.2 Å². The van der Waals surface area contributed by atoms with E-state index in [0.717, 1.165) is 38.9 Å². The van der Waals surface area contributed by atoms with Crippen molar-refractivity contribution in [2.75, 3.05) is 6.61 Å². The first kappa shape index (κ1) is 24.2. The topological polar surface area (TPSA) is 68.5 Å². The number of aromatic nitrogens is 1. The second kappa shape index (κ2) is 10.5. The van der Waals surface area contributed by atoms with Crippen LogP contribution in [0.3, 0.4) is 0 Å². The number of ether oxygens (including phenoxy) is 1. The molecule has 0 radical (unpaired) electrons. The summed E-state index contributed by atoms with van der Waals surface area (Å²) in [5.74, 6) is -0.934. The summed E-state index contributed by atoms with van der Waals surface area (Å²) in [6, 6.07) is 23.9. The van der Waals surface area contributed by atoms with E-state index in [2.05, 4.69) is 22.8 Å². The number of carbonyl (C=O) groups excluding carboxylic acids is 1. The van der Waals surface area contributed by atoms with Crippen molar-refractivity contribution in [1.82, 2.24) is 4.57 Å². The van der Waals surface area contributed by atoms with Gasteiger partial charge in [0.25, 0.3) is 0 Å². The maximum absolute atomic E-state index is 13.4. The molecule has 1 atom stereocenters. The van der Waals surface area contributed by atoms with Gasteiger partial charge in [-0.2, -0.15) is 0 Å². The molecular weight excluding hydrogens is 438 g/mol. The van der Waals surface area contributed by atoms with Gasteiger partial charge in [0.15, 0.2) is 11.9 Å². The largest absolute Gasteiger partial charge is 0.479 e. The molecule has 35 heavy (non-hydrogen) atoms. The van der Waals surface area contributed by atoms with Crippen molar-refractivity contribution in [2.45, 2.75) is 33.4 Å². The number of nitrogens with zero attached hydrogens (tertiary/aromatic N) is 1. The summed E-state index contributed by atoms with van der Waals surface area (Å²) in [7, 11) is 0. The number of carboxylic acid groups (broad SMARTS) is 1. The van der Waals surface area contributed by atoms with E-state index in [1.54, 1.807) is 6.08 Å². The number of hydrogen-bond donors (Lipinski definition) is 1. The normalized spacial score (nSPS) is 12.3. The molecule has 0 aliphatic heterocycles. The molecule has 5 heteroatoms. The monoisotopic (exact) mass is 467 g/mol. The van der Waals surface area contributed by atoms with Crippen molar-refractivity contribution in [1.29, 1.82) is 0 Å². The van der Waals surface area contributed by atoms with Gasteiger partial charge in [-0.1, -0.05) is 84.4 Å². The summed E-state index contributed by atoms with van der Waals surface area (Å²) < 4.78 is 7.42. The zero-order valence-corrected chi connectivity index (χ0v) is 20.2. The number of carbonyl (C=O) groups is 2. The van der Waals surface area contributed by atoms with E-state index in [0.29, 0.717) is 12.1 Å². The Morgan fingerprint density at radius 3 is 2.34 bits per heavy atom. The lowest BCUT2D eigenvalue weighted by Gasteiger charge is -2.10. The number of para-hydroxylation sites is 1. The molecule has 0 amide bonds. The molecule has 0 saturated heterocycles. The van der Waals surface area contributed by atoms with Gasteiger partial charge < -0.3 is 14.4 Å². The highest BCUT2D eigenvalue weighted by Crippen LogP contribution is 2.29. The number of ketones is 1. The molecule has 3 aromatic carbocycles. The summed E-state index contributed by atoms with van der Waals surface area (Å²) in [5, 5.41) is 9.83. The molecule has 0 bridgehead atoms. The smallest absolute Gasteiger partial charge is 0.332 e. The number of hydrogen-bond acceptors (Lipinski definition) is 3. The van der Waals surface area contributed by atoms with Crippen molar-refractivity contribution in [3.8, 4) is 0 Å². The van der Waals surface area contributed by atoms with Gasteiger partial charge in [0.1, 0.15) is 0 Å².